The summed E-state index contributed by atoms with van der Waals surface area (Å²) in [7, 11) is 0. The summed E-state index contributed by atoms with van der Waals surface area (Å²) >= 11 is 0. The molecule has 2 N–H and O–H groups in total. The molecule has 3 heteroatoms. The molecule has 1 atom stereocenters. The van der Waals surface area contributed by atoms with Crippen LogP contribution in [0.2, 0.25) is 0 Å². The number of aliphatic hydroxyl groups excluding tert-OH is 1. The van der Waals surface area contributed by atoms with Crippen molar-refractivity contribution < 1.29 is 9.84 Å². The first-order valence-electron chi connectivity index (χ1n) is 7.81. The molecule has 1 rings (SSSR count). The van der Waals surface area contributed by atoms with Crippen molar-refractivity contribution in [3.63, 3.8) is 0 Å². The van der Waals surface area contributed by atoms with E-state index in [1.54, 1.807) is 0 Å². The number of benzene rings is 1. The molecule has 0 bridgehead atoms. The quantitative estimate of drug-likeness (QED) is 0.809. The van der Waals surface area contributed by atoms with E-state index in [0.717, 1.165) is 18.7 Å². The molecule has 0 aliphatic carbocycles. The van der Waals surface area contributed by atoms with Crippen LogP contribution < -0.4 is 10.1 Å². The van der Waals surface area contributed by atoms with Gasteiger partial charge in [0.05, 0.1) is 13.2 Å². The van der Waals surface area contributed by atoms with Gasteiger partial charge in [0.1, 0.15) is 5.75 Å². The lowest BCUT2D eigenvalue weighted by atomic mass is 9.86. The monoisotopic (exact) mass is 293 g/mol. The fourth-order valence-corrected chi connectivity index (χ4v) is 2.40. The van der Waals surface area contributed by atoms with Gasteiger partial charge in [-0.1, -0.05) is 39.8 Å². The van der Waals surface area contributed by atoms with Crippen molar-refractivity contribution in [2.24, 2.45) is 0 Å². The third-order valence-corrected chi connectivity index (χ3v) is 3.81. The summed E-state index contributed by atoms with van der Waals surface area (Å²) in [4.78, 5) is 0. The number of hydrogen-bond acceptors (Lipinski definition) is 3. The summed E-state index contributed by atoms with van der Waals surface area (Å²) in [5, 5.41) is 12.8. The van der Waals surface area contributed by atoms with Crippen molar-refractivity contribution >= 4 is 0 Å². The minimum atomic E-state index is -0.277. The zero-order valence-electron chi connectivity index (χ0n) is 14.4. The molecule has 0 saturated heterocycles. The molecule has 0 fully saturated rings. The molecule has 0 spiro atoms. The third kappa shape index (κ3) is 5.33. The van der Waals surface area contributed by atoms with Crippen molar-refractivity contribution in [3.05, 3.63) is 29.3 Å². The van der Waals surface area contributed by atoms with Gasteiger partial charge in [0.2, 0.25) is 0 Å². The highest BCUT2D eigenvalue weighted by atomic mass is 16.5. The summed E-state index contributed by atoms with van der Waals surface area (Å²) in [5.74, 6) is 0.958. The van der Waals surface area contributed by atoms with Gasteiger partial charge in [-0.2, -0.15) is 0 Å². The van der Waals surface area contributed by atoms with Gasteiger partial charge in [-0.15, -0.1) is 0 Å². The molecule has 1 aromatic rings. The molecule has 0 saturated carbocycles. The van der Waals surface area contributed by atoms with Gasteiger partial charge in [0, 0.05) is 12.0 Å². The largest absolute Gasteiger partial charge is 0.493 e. The lowest BCUT2D eigenvalue weighted by Gasteiger charge is -2.29. The highest BCUT2D eigenvalue weighted by molar-refractivity contribution is 5.41. The van der Waals surface area contributed by atoms with Crippen molar-refractivity contribution in [1.82, 2.24) is 5.32 Å². The molecule has 120 valence electrons. The summed E-state index contributed by atoms with van der Waals surface area (Å²) in [5.41, 5.74) is 2.21. The molecule has 1 aromatic carbocycles. The Morgan fingerprint density at radius 1 is 1.19 bits per heavy atom. The molecule has 3 nitrogen and oxygen atoms in total. The van der Waals surface area contributed by atoms with Crippen LogP contribution in [-0.4, -0.2) is 30.4 Å². The molecular formula is C18H31NO2. The Hall–Kier alpha value is -1.06. The SMILES string of the molecule is CCNC(C)(CO)CCOc1cc(C)ccc1C(C)(C)C. The number of ether oxygens (including phenoxy) is 1. The van der Waals surface area contributed by atoms with Gasteiger partial charge in [-0.05, 0) is 43.0 Å². The lowest BCUT2D eigenvalue weighted by Crippen LogP contribution is -2.46. The number of likely N-dealkylation sites (N-methyl/N-ethyl adjacent to an activating group) is 1. The van der Waals surface area contributed by atoms with Crippen LogP contribution in [-0.2, 0) is 5.41 Å². The summed E-state index contributed by atoms with van der Waals surface area (Å²) in [6.45, 7) is 14.3. The number of rotatable bonds is 7. The van der Waals surface area contributed by atoms with Crippen LogP contribution in [0.4, 0.5) is 0 Å². The minimum absolute atomic E-state index is 0.0605. The molecule has 0 amide bonds. The highest BCUT2D eigenvalue weighted by Crippen LogP contribution is 2.32. The predicted octanol–water partition coefficient (Wildman–Crippen LogP) is 3.42. The standard InChI is InChI=1S/C18H31NO2/c1-7-19-18(6,13-20)10-11-21-16-12-14(2)8-9-15(16)17(3,4)5/h8-9,12,19-20H,7,10-11,13H2,1-6H3. The Kier molecular flexibility index (Phi) is 6.24. The normalized spacial score (nSPS) is 14.8. The summed E-state index contributed by atoms with van der Waals surface area (Å²) in [6, 6.07) is 6.38. The van der Waals surface area contributed by atoms with Crippen LogP contribution >= 0.6 is 0 Å². The second-order valence-electron chi connectivity index (χ2n) is 7.10. The fourth-order valence-electron chi connectivity index (χ4n) is 2.40. The maximum absolute atomic E-state index is 9.52. The van der Waals surface area contributed by atoms with E-state index in [1.165, 1.54) is 11.1 Å². The van der Waals surface area contributed by atoms with Crippen LogP contribution in [0.25, 0.3) is 0 Å². The smallest absolute Gasteiger partial charge is 0.123 e. The number of aliphatic hydroxyl groups is 1. The van der Waals surface area contributed by atoms with Gasteiger partial charge in [0.15, 0.2) is 0 Å². The summed E-state index contributed by atoms with van der Waals surface area (Å²) in [6.07, 6.45) is 0.773. The minimum Gasteiger partial charge on any atom is -0.493 e. The Morgan fingerprint density at radius 2 is 1.86 bits per heavy atom. The Morgan fingerprint density at radius 3 is 2.38 bits per heavy atom. The van der Waals surface area contributed by atoms with E-state index in [2.05, 4.69) is 51.2 Å². The van der Waals surface area contributed by atoms with Gasteiger partial charge < -0.3 is 15.2 Å². The predicted molar refractivity (Wildman–Crippen MR) is 89.2 cm³/mol. The lowest BCUT2D eigenvalue weighted by molar-refractivity contribution is 0.145. The average molecular weight is 293 g/mol. The number of aryl methyl sites for hydroxylation is 1. The van der Waals surface area contributed by atoms with Crippen LogP contribution in [0.3, 0.4) is 0 Å². The van der Waals surface area contributed by atoms with Gasteiger partial charge in [-0.25, -0.2) is 0 Å². The van der Waals surface area contributed by atoms with E-state index < -0.39 is 0 Å². The van der Waals surface area contributed by atoms with E-state index in [-0.39, 0.29) is 17.6 Å². The first kappa shape index (κ1) is 18.0. The maximum atomic E-state index is 9.52. The molecule has 0 radical (unpaired) electrons. The second kappa shape index (κ2) is 7.28. The van der Waals surface area contributed by atoms with Crippen LogP contribution in [0, 0.1) is 6.92 Å². The van der Waals surface area contributed by atoms with Gasteiger partial charge in [-0.3, -0.25) is 0 Å². The van der Waals surface area contributed by atoms with Crippen molar-refractivity contribution in [1.29, 1.82) is 0 Å². The van der Waals surface area contributed by atoms with Crippen molar-refractivity contribution in [2.45, 2.75) is 58.9 Å². The molecule has 0 aliphatic rings. The topological polar surface area (TPSA) is 41.5 Å². The average Bonchev–Trinajstić information content (AvgIpc) is 2.37. The molecule has 0 heterocycles. The second-order valence-corrected chi connectivity index (χ2v) is 7.10. The van der Waals surface area contributed by atoms with E-state index in [1.807, 2.05) is 13.8 Å². The Labute approximate surface area is 129 Å². The van der Waals surface area contributed by atoms with Crippen molar-refractivity contribution in [2.75, 3.05) is 19.8 Å². The Balaban J connectivity index is 2.77. The molecule has 0 aromatic heterocycles. The van der Waals surface area contributed by atoms with E-state index in [9.17, 15) is 5.11 Å². The molecular weight excluding hydrogens is 262 g/mol. The van der Waals surface area contributed by atoms with Gasteiger partial charge in [0.25, 0.3) is 0 Å². The first-order chi connectivity index (χ1) is 9.72. The molecule has 21 heavy (non-hydrogen) atoms. The van der Waals surface area contributed by atoms with Crippen molar-refractivity contribution in [3.8, 4) is 5.75 Å². The zero-order valence-corrected chi connectivity index (χ0v) is 14.4. The van der Waals surface area contributed by atoms with Gasteiger partial charge >= 0.3 is 0 Å². The molecule has 1 unspecified atom stereocenters. The maximum Gasteiger partial charge on any atom is 0.123 e. The highest BCUT2D eigenvalue weighted by Gasteiger charge is 2.23. The molecule has 0 aliphatic heterocycles. The van der Waals surface area contributed by atoms with Crippen LogP contribution in [0.1, 0.15) is 52.2 Å². The zero-order chi connectivity index (χ0) is 16.1. The number of nitrogens with one attached hydrogen (secondary N) is 1. The van der Waals surface area contributed by atoms with E-state index in [0.29, 0.717) is 6.61 Å². The first-order valence-corrected chi connectivity index (χ1v) is 7.81. The Bertz CT molecular complexity index is 451. The van der Waals surface area contributed by atoms with E-state index >= 15 is 0 Å². The third-order valence-electron chi connectivity index (χ3n) is 3.81. The van der Waals surface area contributed by atoms with Crippen LogP contribution in [0.5, 0.6) is 5.75 Å². The number of hydrogen-bond donors (Lipinski definition) is 2. The van der Waals surface area contributed by atoms with E-state index in [4.69, 9.17) is 4.74 Å². The summed E-state index contributed by atoms with van der Waals surface area (Å²) < 4.78 is 6.04. The van der Waals surface area contributed by atoms with Crippen LogP contribution in [0.15, 0.2) is 18.2 Å². The fraction of sp³-hybridized carbons (Fsp3) is 0.667.